The topological polar surface area (TPSA) is 9.23 Å². The molecule has 0 saturated carbocycles. The molecule has 0 spiro atoms. The zero-order chi connectivity index (χ0) is 10.6. The normalized spacial score (nSPS) is 12.6. The highest BCUT2D eigenvalue weighted by molar-refractivity contribution is 6.18. The van der Waals surface area contributed by atoms with Gasteiger partial charge in [-0.2, -0.15) is 0 Å². The standard InChI is InChI=1S/C10H11ClF2O/c1-7(5-11)6-14-10-4-8(12)2-3-9(10)13/h2-4,7H,5-6H2,1H3. The van der Waals surface area contributed by atoms with Gasteiger partial charge in [-0.1, -0.05) is 6.92 Å². The van der Waals surface area contributed by atoms with E-state index in [1.807, 2.05) is 6.92 Å². The van der Waals surface area contributed by atoms with Crippen molar-refractivity contribution in [2.75, 3.05) is 12.5 Å². The third-order valence-corrected chi connectivity index (χ3v) is 2.21. The number of benzene rings is 1. The van der Waals surface area contributed by atoms with Crippen LogP contribution in [0.15, 0.2) is 18.2 Å². The van der Waals surface area contributed by atoms with Gasteiger partial charge >= 0.3 is 0 Å². The highest BCUT2D eigenvalue weighted by atomic mass is 35.5. The summed E-state index contributed by atoms with van der Waals surface area (Å²) in [4.78, 5) is 0. The van der Waals surface area contributed by atoms with Crippen LogP contribution in [0, 0.1) is 17.6 Å². The summed E-state index contributed by atoms with van der Waals surface area (Å²) in [5.74, 6) is -0.605. The van der Waals surface area contributed by atoms with Gasteiger partial charge in [-0.05, 0) is 12.1 Å². The summed E-state index contributed by atoms with van der Waals surface area (Å²) in [5.41, 5.74) is 0. The predicted molar refractivity (Wildman–Crippen MR) is 51.7 cm³/mol. The number of ether oxygens (including phenoxy) is 1. The third kappa shape index (κ3) is 3.14. The number of alkyl halides is 1. The van der Waals surface area contributed by atoms with Crippen LogP contribution >= 0.6 is 11.6 Å². The Bertz CT molecular complexity index is 304. The van der Waals surface area contributed by atoms with E-state index in [0.717, 1.165) is 18.2 Å². The van der Waals surface area contributed by atoms with Crippen LogP contribution < -0.4 is 4.74 Å². The Balaban J connectivity index is 2.62. The molecule has 0 heterocycles. The lowest BCUT2D eigenvalue weighted by Crippen LogP contribution is -2.10. The van der Waals surface area contributed by atoms with E-state index in [2.05, 4.69) is 0 Å². The first-order valence-corrected chi connectivity index (χ1v) is 4.80. The maximum atomic E-state index is 13.0. The fraction of sp³-hybridized carbons (Fsp3) is 0.400. The summed E-state index contributed by atoms with van der Waals surface area (Å²) in [6.45, 7) is 2.15. The monoisotopic (exact) mass is 220 g/mol. The van der Waals surface area contributed by atoms with Gasteiger partial charge in [0.15, 0.2) is 11.6 Å². The number of hydrogen-bond acceptors (Lipinski definition) is 1. The van der Waals surface area contributed by atoms with Gasteiger partial charge in [0.1, 0.15) is 5.82 Å². The van der Waals surface area contributed by atoms with Crippen LogP contribution in [0.3, 0.4) is 0 Å². The molecule has 1 atom stereocenters. The highest BCUT2D eigenvalue weighted by Crippen LogP contribution is 2.18. The lowest BCUT2D eigenvalue weighted by molar-refractivity contribution is 0.259. The third-order valence-electron chi connectivity index (χ3n) is 1.68. The Hall–Kier alpha value is -0.830. The van der Waals surface area contributed by atoms with Crippen molar-refractivity contribution >= 4 is 11.6 Å². The Morgan fingerprint density at radius 1 is 1.43 bits per heavy atom. The molecule has 1 nitrogen and oxygen atoms in total. The molecular weight excluding hydrogens is 210 g/mol. The Morgan fingerprint density at radius 3 is 2.79 bits per heavy atom. The average molecular weight is 221 g/mol. The molecule has 0 bridgehead atoms. The minimum atomic E-state index is -0.562. The summed E-state index contributed by atoms with van der Waals surface area (Å²) < 4.78 is 30.8. The van der Waals surface area contributed by atoms with Crippen molar-refractivity contribution in [2.45, 2.75) is 6.92 Å². The average Bonchev–Trinajstić information content (AvgIpc) is 2.19. The van der Waals surface area contributed by atoms with Crippen LogP contribution in [0.2, 0.25) is 0 Å². The Morgan fingerprint density at radius 2 is 2.14 bits per heavy atom. The van der Waals surface area contributed by atoms with Crippen molar-refractivity contribution in [3.05, 3.63) is 29.8 Å². The maximum Gasteiger partial charge on any atom is 0.165 e. The summed E-state index contributed by atoms with van der Waals surface area (Å²) in [7, 11) is 0. The fourth-order valence-corrected chi connectivity index (χ4v) is 0.953. The minimum Gasteiger partial charge on any atom is -0.490 e. The SMILES string of the molecule is CC(CCl)COc1cc(F)ccc1F. The first kappa shape index (κ1) is 11.2. The molecule has 0 saturated heterocycles. The van der Waals surface area contributed by atoms with Crippen molar-refractivity contribution in [1.29, 1.82) is 0 Å². The molecule has 78 valence electrons. The molecule has 1 aromatic carbocycles. The zero-order valence-electron chi connectivity index (χ0n) is 7.77. The van der Waals surface area contributed by atoms with E-state index in [9.17, 15) is 8.78 Å². The van der Waals surface area contributed by atoms with Gasteiger partial charge in [0.05, 0.1) is 6.61 Å². The van der Waals surface area contributed by atoms with Crippen LogP contribution in [0.1, 0.15) is 6.92 Å². The molecule has 0 N–H and O–H groups in total. The Kier molecular flexibility index (Phi) is 4.14. The minimum absolute atomic E-state index is 0.0676. The second kappa shape index (κ2) is 5.15. The molecule has 14 heavy (non-hydrogen) atoms. The van der Waals surface area contributed by atoms with Crippen molar-refractivity contribution in [3.8, 4) is 5.75 Å². The number of rotatable bonds is 4. The molecule has 1 unspecified atom stereocenters. The van der Waals surface area contributed by atoms with Crippen molar-refractivity contribution in [3.63, 3.8) is 0 Å². The van der Waals surface area contributed by atoms with Gasteiger partial charge in [-0.3, -0.25) is 0 Å². The maximum absolute atomic E-state index is 13.0. The predicted octanol–water partition coefficient (Wildman–Crippen LogP) is 3.22. The quantitative estimate of drug-likeness (QED) is 0.708. The van der Waals surface area contributed by atoms with Gasteiger partial charge in [0.2, 0.25) is 0 Å². The number of halogens is 3. The molecule has 0 aliphatic carbocycles. The molecule has 1 aromatic rings. The molecular formula is C10H11ClF2O. The molecule has 0 aliphatic rings. The fourth-order valence-electron chi connectivity index (χ4n) is 0.864. The van der Waals surface area contributed by atoms with Gasteiger partial charge in [0, 0.05) is 17.9 Å². The molecule has 4 heteroatoms. The van der Waals surface area contributed by atoms with Gasteiger partial charge in [-0.25, -0.2) is 8.78 Å². The Labute approximate surface area is 86.6 Å². The first-order chi connectivity index (χ1) is 6.63. The van der Waals surface area contributed by atoms with Gasteiger partial charge < -0.3 is 4.74 Å². The zero-order valence-corrected chi connectivity index (χ0v) is 8.52. The van der Waals surface area contributed by atoms with Crippen LogP contribution in [-0.4, -0.2) is 12.5 Å². The van der Waals surface area contributed by atoms with Crippen molar-refractivity contribution in [1.82, 2.24) is 0 Å². The van der Waals surface area contributed by atoms with Crippen LogP contribution in [-0.2, 0) is 0 Å². The van der Waals surface area contributed by atoms with E-state index in [0.29, 0.717) is 5.88 Å². The molecule has 0 aromatic heterocycles. The largest absolute Gasteiger partial charge is 0.490 e. The van der Waals surface area contributed by atoms with E-state index in [4.69, 9.17) is 16.3 Å². The van der Waals surface area contributed by atoms with E-state index in [1.165, 1.54) is 0 Å². The number of hydrogen-bond donors (Lipinski definition) is 0. The molecule has 0 radical (unpaired) electrons. The smallest absolute Gasteiger partial charge is 0.165 e. The van der Waals surface area contributed by atoms with E-state index >= 15 is 0 Å². The van der Waals surface area contributed by atoms with Crippen LogP contribution in [0.25, 0.3) is 0 Å². The molecule has 0 fully saturated rings. The van der Waals surface area contributed by atoms with Crippen LogP contribution in [0.5, 0.6) is 5.75 Å². The van der Waals surface area contributed by atoms with Gasteiger partial charge in [-0.15, -0.1) is 11.6 Å². The van der Waals surface area contributed by atoms with Crippen molar-refractivity contribution in [2.24, 2.45) is 5.92 Å². The van der Waals surface area contributed by atoms with E-state index < -0.39 is 11.6 Å². The second-order valence-corrected chi connectivity index (χ2v) is 3.45. The second-order valence-electron chi connectivity index (χ2n) is 3.15. The lowest BCUT2D eigenvalue weighted by atomic mass is 10.2. The van der Waals surface area contributed by atoms with E-state index in [1.54, 1.807) is 0 Å². The summed E-state index contributed by atoms with van der Waals surface area (Å²) >= 11 is 5.54. The molecule has 0 amide bonds. The van der Waals surface area contributed by atoms with Crippen LogP contribution in [0.4, 0.5) is 8.78 Å². The molecule has 1 rings (SSSR count). The van der Waals surface area contributed by atoms with E-state index in [-0.39, 0.29) is 18.3 Å². The molecule has 0 aliphatic heterocycles. The first-order valence-electron chi connectivity index (χ1n) is 4.27. The highest BCUT2D eigenvalue weighted by Gasteiger charge is 2.07. The summed E-state index contributed by atoms with van der Waals surface area (Å²) in [6, 6.07) is 3.11. The van der Waals surface area contributed by atoms with Crippen molar-refractivity contribution < 1.29 is 13.5 Å². The summed E-state index contributed by atoms with van der Waals surface area (Å²) in [6.07, 6.45) is 0. The summed E-state index contributed by atoms with van der Waals surface area (Å²) in [5, 5.41) is 0. The lowest BCUT2D eigenvalue weighted by Gasteiger charge is -2.10. The van der Waals surface area contributed by atoms with Gasteiger partial charge in [0.25, 0.3) is 0 Å².